The van der Waals surface area contributed by atoms with Gasteiger partial charge in [0.15, 0.2) is 0 Å². The second-order valence-electron chi connectivity index (χ2n) is 9.85. The van der Waals surface area contributed by atoms with Crippen molar-refractivity contribution in [1.82, 2.24) is 15.5 Å². The predicted molar refractivity (Wildman–Crippen MR) is 131 cm³/mol. The molecule has 0 aliphatic carbocycles. The van der Waals surface area contributed by atoms with E-state index in [0.29, 0.717) is 18.7 Å². The first-order chi connectivity index (χ1) is 15.7. The monoisotopic (exact) mass is 451 g/mol. The molecule has 1 fully saturated rings. The van der Waals surface area contributed by atoms with Gasteiger partial charge in [0.1, 0.15) is 0 Å². The van der Waals surface area contributed by atoms with Crippen molar-refractivity contribution >= 4 is 11.8 Å². The van der Waals surface area contributed by atoms with Gasteiger partial charge in [0.05, 0.1) is 12.7 Å². The molecule has 1 heterocycles. The first-order valence-corrected chi connectivity index (χ1v) is 11.8. The molecule has 33 heavy (non-hydrogen) atoms. The average Bonchev–Trinajstić information content (AvgIpc) is 2.77. The highest BCUT2D eigenvalue weighted by atomic mass is 16.5. The molecule has 0 bridgehead atoms. The van der Waals surface area contributed by atoms with Crippen molar-refractivity contribution in [1.29, 1.82) is 0 Å². The van der Waals surface area contributed by atoms with Crippen molar-refractivity contribution in [3.8, 4) is 0 Å². The lowest BCUT2D eigenvalue weighted by Crippen LogP contribution is -2.40. The van der Waals surface area contributed by atoms with E-state index in [1.165, 1.54) is 11.1 Å². The number of ether oxygens (including phenoxy) is 1. The molecule has 2 amide bonds. The molecule has 0 spiro atoms. The van der Waals surface area contributed by atoms with Crippen LogP contribution in [0.15, 0.2) is 48.5 Å². The summed E-state index contributed by atoms with van der Waals surface area (Å²) in [5.41, 5.74) is 4.15. The number of morpholine rings is 1. The van der Waals surface area contributed by atoms with E-state index in [4.69, 9.17) is 4.74 Å². The zero-order valence-electron chi connectivity index (χ0n) is 20.3. The SMILES string of the molecule is CC1CN(Cc2cccc(CNC(=O)CCNC(=O)c3ccc(C(C)(C)C)cc3)c2)CCO1. The zero-order chi connectivity index (χ0) is 23.8. The molecule has 1 aliphatic heterocycles. The van der Waals surface area contributed by atoms with Crippen LogP contribution in [-0.4, -0.2) is 49.1 Å². The lowest BCUT2D eigenvalue weighted by Gasteiger charge is -2.31. The van der Waals surface area contributed by atoms with Gasteiger partial charge < -0.3 is 15.4 Å². The fourth-order valence-corrected chi connectivity index (χ4v) is 3.93. The third-order valence-electron chi connectivity index (χ3n) is 5.86. The van der Waals surface area contributed by atoms with Crippen LogP contribution < -0.4 is 10.6 Å². The highest BCUT2D eigenvalue weighted by Gasteiger charge is 2.17. The summed E-state index contributed by atoms with van der Waals surface area (Å²) in [6, 6.07) is 15.9. The van der Waals surface area contributed by atoms with Crippen molar-refractivity contribution in [3.05, 3.63) is 70.8 Å². The Morgan fingerprint density at radius 3 is 2.48 bits per heavy atom. The quantitative estimate of drug-likeness (QED) is 0.643. The Hall–Kier alpha value is -2.70. The van der Waals surface area contributed by atoms with Crippen LogP contribution >= 0.6 is 0 Å². The molecule has 2 aromatic rings. The molecule has 178 valence electrons. The van der Waals surface area contributed by atoms with Crippen molar-refractivity contribution in [3.63, 3.8) is 0 Å². The van der Waals surface area contributed by atoms with E-state index in [0.717, 1.165) is 31.8 Å². The summed E-state index contributed by atoms with van der Waals surface area (Å²) in [6.07, 6.45) is 0.515. The Labute approximate surface area is 197 Å². The Balaban J connectivity index is 1.39. The summed E-state index contributed by atoms with van der Waals surface area (Å²) >= 11 is 0. The second-order valence-corrected chi connectivity index (χ2v) is 9.85. The number of hydrogen-bond acceptors (Lipinski definition) is 4. The molecule has 6 heteroatoms. The molecule has 0 aromatic heterocycles. The summed E-state index contributed by atoms with van der Waals surface area (Å²) in [4.78, 5) is 27.0. The number of amides is 2. The number of carbonyl (C=O) groups excluding carboxylic acids is 2. The second kappa shape index (κ2) is 11.4. The van der Waals surface area contributed by atoms with Gasteiger partial charge in [-0.1, -0.05) is 57.2 Å². The Morgan fingerprint density at radius 2 is 1.79 bits per heavy atom. The van der Waals surface area contributed by atoms with Crippen LogP contribution in [-0.2, 0) is 28.0 Å². The first kappa shape index (κ1) is 24.9. The molecule has 1 aliphatic rings. The van der Waals surface area contributed by atoms with Crippen LogP contribution in [0.4, 0.5) is 0 Å². The molecule has 2 aromatic carbocycles. The topological polar surface area (TPSA) is 70.7 Å². The summed E-state index contributed by atoms with van der Waals surface area (Å²) in [5.74, 6) is -0.237. The fourth-order valence-electron chi connectivity index (χ4n) is 3.93. The standard InChI is InChI=1S/C27H37N3O3/c1-20-18-30(14-15-33-20)19-22-7-5-6-21(16-22)17-29-25(31)12-13-28-26(32)23-8-10-24(11-9-23)27(2,3)4/h5-11,16,20H,12-15,17-19H2,1-4H3,(H,28,32)(H,29,31). The minimum absolute atomic E-state index is 0.0493. The third kappa shape index (κ3) is 7.98. The van der Waals surface area contributed by atoms with Crippen LogP contribution in [0.1, 0.15) is 61.2 Å². The van der Waals surface area contributed by atoms with E-state index in [2.05, 4.69) is 55.4 Å². The molecule has 6 nitrogen and oxygen atoms in total. The lowest BCUT2D eigenvalue weighted by molar-refractivity contribution is -0.121. The van der Waals surface area contributed by atoms with Gasteiger partial charge in [-0.3, -0.25) is 14.5 Å². The molecule has 3 rings (SSSR count). The van der Waals surface area contributed by atoms with Crippen LogP contribution in [0.2, 0.25) is 0 Å². The minimum atomic E-state index is -0.159. The summed E-state index contributed by atoms with van der Waals surface area (Å²) < 4.78 is 5.61. The Bertz CT molecular complexity index is 934. The van der Waals surface area contributed by atoms with Gasteiger partial charge in [-0.15, -0.1) is 0 Å². The number of benzene rings is 2. The van der Waals surface area contributed by atoms with Gasteiger partial charge in [0.25, 0.3) is 5.91 Å². The van der Waals surface area contributed by atoms with Gasteiger partial charge in [0.2, 0.25) is 5.91 Å². The molecular formula is C27H37N3O3. The minimum Gasteiger partial charge on any atom is -0.376 e. The van der Waals surface area contributed by atoms with E-state index in [1.54, 1.807) is 0 Å². The molecule has 1 atom stereocenters. The van der Waals surface area contributed by atoms with Gasteiger partial charge in [-0.05, 0) is 41.2 Å². The Morgan fingerprint density at radius 1 is 1.06 bits per heavy atom. The number of hydrogen-bond donors (Lipinski definition) is 2. The fraction of sp³-hybridized carbons (Fsp3) is 0.481. The molecule has 1 unspecified atom stereocenters. The third-order valence-corrected chi connectivity index (χ3v) is 5.86. The average molecular weight is 452 g/mol. The van der Waals surface area contributed by atoms with Gasteiger partial charge in [0, 0.05) is 44.7 Å². The smallest absolute Gasteiger partial charge is 0.251 e. The molecule has 1 saturated heterocycles. The molecule has 0 radical (unpaired) electrons. The molecular weight excluding hydrogens is 414 g/mol. The highest BCUT2D eigenvalue weighted by Crippen LogP contribution is 2.22. The predicted octanol–water partition coefficient (Wildman–Crippen LogP) is 3.64. The molecule has 2 N–H and O–H groups in total. The number of rotatable bonds is 8. The Kier molecular flexibility index (Phi) is 8.64. The maximum atomic E-state index is 12.3. The van der Waals surface area contributed by atoms with E-state index in [-0.39, 0.29) is 29.8 Å². The van der Waals surface area contributed by atoms with E-state index in [1.807, 2.05) is 36.4 Å². The van der Waals surface area contributed by atoms with Gasteiger partial charge in [-0.2, -0.15) is 0 Å². The number of nitrogens with zero attached hydrogens (tertiary/aromatic N) is 1. The lowest BCUT2D eigenvalue weighted by atomic mass is 9.87. The maximum absolute atomic E-state index is 12.3. The van der Waals surface area contributed by atoms with Crippen LogP contribution in [0, 0.1) is 0 Å². The zero-order valence-corrected chi connectivity index (χ0v) is 20.3. The van der Waals surface area contributed by atoms with Crippen LogP contribution in [0.25, 0.3) is 0 Å². The number of nitrogens with one attached hydrogen (secondary N) is 2. The number of carbonyl (C=O) groups is 2. The van der Waals surface area contributed by atoms with Crippen molar-refractivity contribution in [2.45, 2.75) is 58.7 Å². The van der Waals surface area contributed by atoms with Crippen molar-refractivity contribution < 1.29 is 14.3 Å². The van der Waals surface area contributed by atoms with Gasteiger partial charge >= 0.3 is 0 Å². The van der Waals surface area contributed by atoms with E-state index >= 15 is 0 Å². The summed E-state index contributed by atoms with van der Waals surface area (Å²) in [5, 5.41) is 5.78. The van der Waals surface area contributed by atoms with Crippen molar-refractivity contribution in [2.75, 3.05) is 26.2 Å². The first-order valence-electron chi connectivity index (χ1n) is 11.8. The largest absolute Gasteiger partial charge is 0.376 e. The van der Waals surface area contributed by atoms with Gasteiger partial charge in [-0.25, -0.2) is 0 Å². The van der Waals surface area contributed by atoms with Crippen LogP contribution in [0.5, 0.6) is 0 Å². The summed E-state index contributed by atoms with van der Waals surface area (Å²) in [7, 11) is 0. The molecule has 0 saturated carbocycles. The van der Waals surface area contributed by atoms with Crippen LogP contribution in [0.3, 0.4) is 0 Å². The van der Waals surface area contributed by atoms with E-state index in [9.17, 15) is 9.59 Å². The summed E-state index contributed by atoms with van der Waals surface area (Å²) in [6.45, 7) is 12.8. The van der Waals surface area contributed by atoms with E-state index < -0.39 is 0 Å². The normalized spacial score (nSPS) is 16.9. The van der Waals surface area contributed by atoms with Crippen molar-refractivity contribution in [2.24, 2.45) is 0 Å². The maximum Gasteiger partial charge on any atom is 0.251 e. The highest BCUT2D eigenvalue weighted by molar-refractivity contribution is 5.94.